The SMILES string of the molecule is CNC(=O)NC(=O)COC(=O)c1cn(-c2ccc(F)cc2)nc1-c1ccc(C)cc1. The zero-order valence-corrected chi connectivity index (χ0v) is 16.3. The topological polar surface area (TPSA) is 102 Å². The molecule has 8 nitrogen and oxygen atoms in total. The molecule has 0 fully saturated rings. The number of benzene rings is 2. The average Bonchev–Trinajstić information content (AvgIpc) is 3.18. The number of amides is 3. The van der Waals surface area contributed by atoms with Gasteiger partial charge in [0.25, 0.3) is 5.91 Å². The summed E-state index contributed by atoms with van der Waals surface area (Å²) in [5.74, 6) is -1.96. The fraction of sp³-hybridized carbons (Fsp3) is 0.143. The summed E-state index contributed by atoms with van der Waals surface area (Å²) < 4.78 is 19.7. The number of carbonyl (C=O) groups is 3. The number of aryl methyl sites for hydroxylation is 1. The summed E-state index contributed by atoms with van der Waals surface area (Å²) in [7, 11) is 1.35. The van der Waals surface area contributed by atoms with Crippen LogP contribution in [0.4, 0.5) is 9.18 Å². The number of hydrogen-bond acceptors (Lipinski definition) is 5. The van der Waals surface area contributed by atoms with Crippen molar-refractivity contribution in [3.05, 3.63) is 71.7 Å². The number of aromatic nitrogens is 2. The van der Waals surface area contributed by atoms with Crippen LogP contribution < -0.4 is 10.6 Å². The van der Waals surface area contributed by atoms with Gasteiger partial charge in [0.2, 0.25) is 0 Å². The molecule has 0 saturated heterocycles. The predicted molar refractivity (Wildman–Crippen MR) is 107 cm³/mol. The van der Waals surface area contributed by atoms with Gasteiger partial charge in [0, 0.05) is 18.8 Å². The minimum atomic E-state index is -0.786. The van der Waals surface area contributed by atoms with Crippen molar-refractivity contribution in [1.82, 2.24) is 20.4 Å². The number of nitrogens with one attached hydrogen (secondary N) is 2. The number of carbonyl (C=O) groups excluding carboxylic acids is 3. The normalized spacial score (nSPS) is 10.4. The Balaban J connectivity index is 1.90. The van der Waals surface area contributed by atoms with Crippen LogP contribution in [0.3, 0.4) is 0 Å². The van der Waals surface area contributed by atoms with Crippen LogP contribution in [0.2, 0.25) is 0 Å². The van der Waals surface area contributed by atoms with Crippen LogP contribution >= 0.6 is 0 Å². The molecule has 3 rings (SSSR count). The van der Waals surface area contributed by atoms with E-state index in [1.165, 1.54) is 42.2 Å². The highest BCUT2D eigenvalue weighted by Crippen LogP contribution is 2.25. The number of halogens is 1. The molecule has 30 heavy (non-hydrogen) atoms. The lowest BCUT2D eigenvalue weighted by atomic mass is 10.1. The van der Waals surface area contributed by atoms with E-state index in [2.05, 4.69) is 10.4 Å². The second-order valence-corrected chi connectivity index (χ2v) is 6.38. The summed E-state index contributed by atoms with van der Waals surface area (Å²) in [6, 6.07) is 12.3. The number of ether oxygens (including phenoxy) is 1. The molecular formula is C21H19FN4O4. The lowest BCUT2D eigenvalue weighted by Gasteiger charge is -2.06. The Kier molecular flexibility index (Phi) is 6.21. The van der Waals surface area contributed by atoms with Gasteiger partial charge in [-0.3, -0.25) is 10.1 Å². The molecule has 1 heterocycles. The minimum Gasteiger partial charge on any atom is -0.452 e. The number of rotatable bonds is 5. The zero-order valence-electron chi connectivity index (χ0n) is 16.3. The molecule has 1 aromatic heterocycles. The molecule has 3 amide bonds. The Labute approximate surface area is 171 Å². The van der Waals surface area contributed by atoms with Crippen molar-refractivity contribution in [2.45, 2.75) is 6.92 Å². The molecule has 0 aliphatic carbocycles. The van der Waals surface area contributed by atoms with Gasteiger partial charge < -0.3 is 10.1 Å². The lowest BCUT2D eigenvalue weighted by molar-refractivity contribution is -0.123. The summed E-state index contributed by atoms with van der Waals surface area (Å²) in [5.41, 5.74) is 2.71. The quantitative estimate of drug-likeness (QED) is 0.630. The fourth-order valence-corrected chi connectivity index (χ4v) is 2.61. The van der Waals surface area contributed by atoms with Crippen molar-refractivity contribution in [3.8, 4) is 16.9 Å². The number of hydrogen-bond donors (Lipinski definition) is 2. The highest BCUT2D eigenvalue weighted by molar-refractivity contribution is 5.99. The molecule has 0 atom stereocenters. The Morgan fingerprint density at radius 3 is 2.37 bits per heavy atom. The molecule has 2 aromatic carbocycles. The van der Waals surface area contributed by atoms with Gasteiger partial charge in [-0.1, -0.05) is 29.8 Å². The van der Waals surface area contributed by atoms with Crippen molar-refractivity contribution >= 4 is 17.9 Å². The maximum atomic E-state index is 13.2. The highest BCUT2D eigenvalue weighted by Gasteiger charge is 2.21. The van der Waals surface area contributed by atoms with E-state index in [-0.39, 0.29) is 5.56 Å². The Morgan fingerprint density at radius 1 is 1.07 bits per heavy atom. The minimum absolute atomic E-state index is 0.121. The molecule has 0 bridgehead atoms. The van der Waals surface area contributed by atoms with Gasteiger partial charge in [-0.05, 0) is 31.2 Å². The van der Waals surface area contributed by atoms with E-state index in [1.807, 2.05) is 36.5 Å². The Hall–Kier alpha value is -4.01. The van der Waals surface area contributed by atoms with Gasteiger partial charge >= 0.3 is 12.0 Å². The van der Waals surface area contributed by atoms with E-state index in [0.717, 1.165) is 5.56 Å². The van der Waals surface area contributed by atoms with Gasteiger partial charge in [0.1, 0.15) is 17.1 Å². The van der Waals surface area contributed by atoms with Crippen LogP contribution in [-0.2, 0) is 9.53 Å². The third kappa shape index (κ3) is 4.88. The summed E-state index contributed by atoms with van der Waals surface area (Å²) in [4.78, 5) is 35.5. The lowest BCUT2D eigenvalue weighted by Crippen LogP contribution is -2.39. The van der Waals surface area contributed by atoms with Crippen molar-refractivity contribution in [2.24, 2.45) is 0 Å². The number of urea groups is 1. The van der Waals surface area contributed by atoms with Crippen molar-refractivity contribution in [1.29, 1.82) is 0 Å². The molecule has 0 spiro atoms. The van der Waals surface area contributed by atoms with Gasteiger partial charge in [-0.15, -0.1) is 0 Å². The van der Waals surface area contributed by atoms with Gasteiger partial charge in [-0.25, -0.2) is 18.7 Å². The average molecular weight is 410 g/mol. The van der Waals surface area contributed by atoms with Crippen LogP contribution in [-0.4, -0.2) is 41.3 Å². The first-order valence-electron chi connectivity index (χ1n) is 8.98. The summed E-state index contributed by atoms with van der Waals surface area (Å²) >= 11 is 0. The molecule has 0 radical (unpaired) electrons. The highest BCUT2D eigenvalue weighted by atomic mass is 19.1. The first kappa shape index (κ1) is 20.7. The van der Waals surface area contributed by atoms with Crippen LogP contribution in [0.15, 0.2) is 54.7 Å². The zero-order chi connectivity index (χ0) is 21.7. The molecule has 3 aromatic rings. The van der Waals surface area contributed by atoms with E-state index in [9.17, 15) is 18.8 Å². The number of imide groups is 1. The van der Waals surface area contributed by atoms with E-state index in [1.54, 1.807) is 0 Å². The van der Waals surface area contributed by atoms with E-state index >= 15 is 0 Å². The van der Waals surface area contributed by atoms with E-state index < -0.39 is 30.3 Å². The van der Waals surface area contributed by atoms with E-state index in [0.29, 0.717) is 16.9 Å². The third-order valence-corrected chi connectivity index (χ3v) is 4.16. The van der Waals surface area contributed by atoms with Crippen LogP contribution in [0.5, 0.6) is 0 Å². The second-order valence-electron chi connectivity index (χ2n) is 6.38. The molecule has 154 valence electrons. The Morgan fingerprint density at radius 2 is 1.73 bits per heavy atom. The molecule has 2 N–H and O–H groups in total. The van der Waals surface area contributed by atoms with Crippen molar-refractivity contribution in [3.63, 3.8) is 0 Å². The molecular weight excluding hydrogens is 391 g/mol. The first-order valence-corrected chi connectivity index (χ1v) is 8.98. The smallest absolute Gasteiger partial charge is 0.342 e. The summed E-state index contributed by atoms with van der Waals surface area (Å²) in [5, 5.41) is 8.68. The largest absolute Gasteiger partial charge is 0.452 e. The molecule has 0 unspecified atom stereocenters. The first-order chi connectivity index (χ1) is 14.4. The Bertz CT molecular complexity index is 1080. The fourth-order valence-electron chi connectivity index (χ4n) is 2.61. The monoisotopic (exact) mass is 410 g/mol. The molecule has 0 aliphatic heterocycles. The van der Waals surface area contributed by atoms with E-state index in [4.69, 9.17) is 4.74 Å². The maximum absolute atomic E-state index is 13.2. The van der Waals surface area contributed by atoms with Crippen molar-refractivity contribution in [2.75, 3.05) is 13.7 Å². The summed E-state index contributed by atoms with van der Waals surface area (Å²) in [6.45, 7) is 1.29. The number of nitrogens with zero attached hydrogens (tertiary/aromatic N) is 2. The maximum Gasteiger partial charge on any atom is 0.342 e. The van der Waals surface area contributed by atoms with Gasteiger partial charge in [0.05, 0.1) is 5.69 Å². The number of esters is 1. The predicted octanol–water partition coefficient (Wildman–Crippen LogP) is 2.60. The second kappa shape index (κ2) is 8.99. The van der Waals surface area contributed by atoms with Crippen LogP contribution in [0, 0.1) is 12.7 Å². The summed E-state index contributed by atoms with van der Waals surface area (Å²) in [6.07, 6.45) is 1.45. The molecule has 0 saturated carbocycles. The van der Waals surface area contributed by atoms with Crippen LogP contribution in [0.1, 0.15) is 15.9 Å². The van der Waals surface area contributed by atoms with Gasteiger partial charge in [0.15, 0.2) is 6.61 Å². The van der Waals surface area contributed by atoms with Crippen molar-refractivity contribution < 1.29 is 23.5 Å². The molecule has 0 aliphatic rings. The third-order valence-electron chi connectivity index (χ3n) is 4.16. The molecule has 9 heteroatoms. The van der Waals surface area contributed by atoms with Gasteiger partial charge in [-0.2, -0.15) is 5.10 Å². The van der Waals surface area contributed by atoms with Crippen LogP contribution in [0.25, 0.3) is 16.9 Å². The standard InChI is InChI=1S/C21H19FN4O4/c1-13-3-5-14(6-4-13)19-17(20(28)30-12-18(27)24-21(29)23-2)11-26(25-19)16-9-7-15(22)8-10-16/h3-11H,12H2,1-2H3,(H2,23,24,27,29).